The molecule has 0 aliphatic carbocycles. The van der Waals surface area contributed by atoms with Gasteiger partial charge in [-0.1, -0.05) is 18.2 Å². The third-order valence-corrected chi connectivity index (χ3v) is 3.30. The molecule has 0 saturated carbocycles. The van der Waals surface area contributed by atoms with E-state index in [4.69, 9.17) is 4.42 Å². The minimum Gasteiger partial charge on any atom is -0.408 e. The first kappa shape index (κ1) is 11.6. The summed E-state index contributed by atoms with van der Waals surface area (Å²) < 4.78 is 6.64. The molecule has 2 aromatic carbocycles. The van der Waals surface area contributed by atoms with Crippen molar-refractivity contribution in [2.75, 3.05) is 12.4 Å². The molecule has 1 N–H and O–H groups in total. The summed E-state index contributed by atoms with van der Waals surface area (Å²) in [6, 6.07) is 13.9. The number of fused-ring (bicyclic) bond motifs is 1. The van der Waals surface area contributed by atoms with Gasteiger partial charge in [0, 0.05) is 19.8 Å². The zero-order valence-electron chi connectivity index (χ0n) is 10.8. The Morgan fingerprint density at radius 1 is 1.05 bits per heavy atom. The second kappa shape index (κ2) is 4.31. The molecule has 19 heavy (non-hydrogen) atoms. The van der Waals surface area contributed by atoms with Crippen molar-refractivity contribution < 1.29 is 4.42 Å². The van der Waals surface area contributed by atoms with E-state index in [0.717, 1.165) is 22.3 Å². The topological polar surface area (TPSA) is 47.2 Å². The van der Waals surface area contributed by atoms with Crippen LogP contribution in [-0.2, 0) is 7.05 Å². The predicted octanol–water partition coefficient (Wildman–Crippen LogP) is 2.84. The van der Waals surface area contributed by atoms with E-state index in [0.29, 0.717) is 5.58 Å². The molecule has 0 atom stereocenters. The number of oxazole rings is 1. The fourth-order valence-electron chi connectivity index (χ4n) is 2.14. The molecule has 0 spiro atoms. The van der Waals surface area contributed by atoms with Crippen LogP contribution >= 0.6 is 0 Å². The SMILES string of the molecule is CNc1ccc(-c2ccc3oc(=O)n(C)c3c2)cc1. The highest BCUT2D eigenvalue weighted by molar-refractivity contribution is 5.80. The highest BCUT2D eigenvalue weighted by atomic mass is 16.4. The molecular formula is C15H14N2O2. The van der Waals surface area contributed by atoms with E-state index >= 15 is 0 Å². The van der Waals surface area contributed by atoms with Gasteiger partial charge in [0.1, 0.15) is 0 Å². The van der Waals surface area contributed by atoms with Crippen molar-refractivity contribution in [3.8, 4) is 11.1 Å². The van der Waals surface area contributed by atoms with Crippen LogP contribution in [0.1, 0.15) is 0 Å². The van der Waals surface area contributed by atoms with Crippen molar-refractivity contribution in [1.29, 1.82) is 0 Å². The normalized spacial score (nSPS) is 10.8. The van der Waals surface area contributed by atoms with Crippen molar-refractivity contribution in [1.82, 2.24) is 4.57 Å². The van der Waals surface area contributed by atoms with Crippen LogP contribution in [0.3, 0.4) is 0 Å². The highest BCUT2D eigenvalue weighted by Gasteiger charge is 2.07. The van der Waals surface area contributed by atoms with Crippen molar-refractivity contribution in [3.63, 3.8) is 0 Å². The van der Waals surface area contributed by atoms with Crippen molar-refractivity contribution in [3.05, 3.63) is 53.0 Å². The van der Waals surface area contributed by atoms with E-state index in [-0.39, 0.29) is 5.76 Å². The molecule has 1 aromatic heterocycles. The van der Waals surface area contributed by atoms with Crippen LogP contribution in [0, 0.1) is 0 Å². The molecule has 0 amide bonds. The molecule has 4 nitrogen and oxygen atoms in total. The maximum absolute atomic E-state index is 11.5. The van der Waals surface area contributed by atoms with Gasteiger partial charge in [-0.2, -0.15) is 0 Å². The van der Waals surface area contributed by atoms with Crippen molar-refractivity contribution >= 4 is 16.8 Å². The standard InChI is InChI=1S/C15H14N2O2/c1-16-12-6-3-10(4-7-12)11-5-8-14-13(9-11)17(2)15(18)19-14/h3-9,16H,1-2H3. The Bertz CT molecular complexity index is 782. The van der Waals surface area contributed by atoms with E-state index in [1.807, 2.05) is 49.5 Å². The van der Waals surface area contributed by atoms with Crippen molar-refractivity contribution in [2.45, 2.75) is 0 Å². The molecule has 0 radical (unpaired) electrons. The molecule has 0 fully saturated rings. The Morgan fingerprint density at radius 3 is 2.42 bits per heavy atom. The molecule has 3 aromatic rings. The average molecular weight is 254 g/mol. The largest absolute Gasteiger partial charge is 0.419 e. The van der Waals surface area contributed by atoms with Crippen LogP contribution in [0.4, 0.5) is 5.69 Å². The van der Waals surface area contributed by atoms with Gasteiger partial charge in [-0.3, -0.25) is 4.57 Å². The number of nitrogens with one attached hydrogen (secondary N) is 1. The molecule has 3 rings (SSSR count). The van der Waals surface area contributed by atoms with Gasteiger partial charge in [-0.05, 0) is 35.4 Å². The highest BCUT2D eigenvalue weighted by Crippen LogP contribution is 2.24. The number of rotatable bonds is 2. The average Bonchev–Trinajstić information content (AvgIpc) is 2.74. The number of nitrogens with zero attached hydrogens (tertiary/aromatic N) is 1. The van der Waals surface area contributed by atoms with E-state index in [1.54, 1.807) is 7.05 Å². The summed E-state index contributed by atoms with van der Waals surface area (Å²) in [5, 5.41) is 3.09. The minimum atomic E-state index is -0.335. The van der Waals surface area contributed by atoms with E-state index in [1.165, 1.54) is 4.57 Å². The molecule has 0 bridgehead atoms. The molecular weight excluding hydrogens is 240 g/mol. The van der Waals surface area contributed by atoms with Gasteiger partial charge >= 0.3 is 5.76 Å². The summed E-state index contributed by atoms with van der Waals surface area (Å²) in [6.07, 6.45) is 0. The first-order valence-electron chi connectivity index (χ1n) is 6.07. The summed E-state index contributed by atoms with van der Waals surface area (Å²) in [4.78, 5) is 11.5. The van der Waals surface area contributed by atoms with Crippen LogP contribution in [0.2, 0.25) is 0 Å². The second-order valence-corrected chi connectivity index (χ2v) is 4.44. The number of anilines is 1. The van der Waals surface area contributed by atoms with E-state index < -0.39 is 0 Å². The van der Waals surface area contributed by atoms with Crippen LogP contribution in [0.15, 0.2) is 51.7 Å². The van der Waals surface area contributed by atoms with Gasteiger partial charge in [0.05, 0.1) is 5.52 Å². The number of aryl methyl sites for hydroxylation is 1. The van der Waals surface area contributed by atoms with Gasteiger partial charge in [0.15, 0.2) is 5.58 Å². The lowest BCUT2D eigenvalue weighted by Gasteiger charge is -2.04. The molecule has 0 aliphatic rings. The van der Waals surface area contributed by atoms with Crippen LogP contribution < -0.4 is 11.1 Å². The fraction of sp³-hybridized carbons (Fsp3) is 0.133. The van der Waals surface area contributed by atoms with Crippen LogP contribution in [-0.4, -0.2) is 11.6 Å². The van der Waals surface area contributed by atoms with Crippen LogP contribution in [0.5, 0.6) is 0 Å². The smallest absolute Gasteiger partial charge is 0.408 e. The van der Waals surface area contributed by atoms with Gasteiger partial charge < -0.3 is 9.73 Å². The monoisotopic (exact) mass is 254 g/mol. The molecule has 0 aliphatic heterocycles. The lowest BCUT2D eigenvalue weighted by Crippen LogP contribution is -2.08. The summed E-state index contributed by atoms with van der Waals surface area (Å²) in [5.74, 6) is -0.335. The number of benzene rings is 2. The third kappa shape index (κ3) is 1.91. The maximum atomic E-state index is 11.5. The predicted molar refractivity (Wildman–Crippen MR) is 76.4 cm³/mol. The van der Waals surface area contributed by atoms with Gasteiger partial charge in [0.25, 0.3) is 0 Å². The summed E-state index contributed by atoms with van der Waals surface area (Å²) in [5.41, 5.74) is 4.66. The van der Waals surface area contributed by atoms with Gasteiger partial charge in [-0.25, -0.2) is 4.79 Å². The first-order valence-corrected chi connectivity index (χ1v) is 6.07. The number of hydrogen-bond acceptors (Lipinski definition) is 3. The quantitative estimate of drug-likeness (QED) is 0.765. The molecule has 1 heterocycles. The molecule has 4 heteroatoms. The fourth-order valence-corrected chi connectivity index (χ4v) is 2.14. The lowest BCUT2D eigenvalue weighted by atomic mass is 10.0. The van der Waals surface area contributed by atoms with Crippen LogP contribution in [0.25, 0.3) is 22.2 Å². The molecule has 0 saturated heterocycles. The number of aromatic nitrogens is 1. The van der Waals surface area contributed by atoms with Crippen molar-refractivity contribution in [2.24, 2.45) is 7.05 Å². The summed E-state index contributed by atoms with van der Waals surface area (Å²) in [7, 11) is 3.60. The van der Waals surface area contributed by atoms with Gasteiger partial charge in [0.2, 0.25) is 0 Å². The first-order chi connectivity index (χ1) is 9.19. The Hall–Kier alpha value is -2.49. The zero-order valence-corrected chi connectivity index (χ0v) is 10.8. The molecule has 0 unspecified atom stereocenters. The maximum Gasteiger partial charge on any atom is 0.419 e. The summed E-state index contributed by atoms with van der Waals surface area (Å²) in [6.45, 7) is 0. The number of hydrogen-bond donors (Lipinski definition) is 1. The van der Waals surface area contributed by atoms with E-state index in [2.05, 4.69) is 5.32 Å². The Kier molecular flexibility index (Phi) is 2.63. The second-order valence-electron chi connectivity index (χ2n) is 4.44. The minimum absolute atomic E-state index is 0.335. The lowest BCUT2D eigenvalue weighted by molar-refractivity contribution is 0.528. The Balaban J connectivity index is 2.13. The van der Waals surface area contributed by atoms with E-state index in [9.17, 15) is 4.79 Å². The molecule has 96 valence electrons. The Morgan fingerprint density at radius 2 is 1.74 bits per heavy atom. The zero-order chi connectivity index (χ0) is 13.4. The third-order valence-electron chi connectivity index (χ3n) is 3.30. The Labute approximate surface area is 110 Å². The van der Waals surface area contributed by atoms with Gasteiger partial charge in [-0.15, -0.1) is 0 Å². The summed E-state index contributed by atoms with van der Waals surface area (Å²) >= 11 is 0.